The molecule has 0 amide bonds. The topological polar surface area (TPSA) is 43.4 Å². The molecule has 0 radical (unpaired) electrons. The maximum absolute atomic E-state index is 13.2. The minimum atomic E-state index is -2.85. The first-order chi connectivity index (χ1) is 10.5. The molecule has 0 N–H and O–H groups in total. The summed E-state index contributed by atoms with van der Waals surface area (Å²) in [6.07, 6.45) is 0. The van der Waals surface area contributed by atoms with E-state index < -0.39 is 26.5 Å². The van der Waals surface area contributed by atoms with Crippen molar-refractivity contribution in [3.63, 3.8) is 0 Å². The van der Waals surface area contributed by atoms with Crippen molar-refractivity contribution < 1.29 is 14.3 Å². The normalized spacial score (nSPS) is 13.3. The number of esters is 1. The maximum atomic E-state index is 13.2. The summed E-state index contributed by atoms with van der Waals surface area (Å²) in [6, 6.07) is 9.26. The summed E-state index contributed by atoms with van der Waals surface area (Å²) in [5, 5.41) is 0.755. The second-order valence-corrected chi connectivity index (χ2v) is 26.9. The Balaban J connectivity index is 3.65. The number of allylic oxidation sites excluding steroid dienone is 1. The molecule has 0 unspecified atom stereocenters. The quantitative estimate of drug-likeness (QED) is 0.284. The SMILES string of the molecule is CCOC(=O)/[C](=C(/C(=O)c1ccccc1)[Si](C)(C)C)[Sn]([CH3])([CH3])[CH3]. The van der Waals surface area contributed by atoms with Crippen molar-refractivity contribution in [2.75, 3.05) is 6.61 Å². The number of hydrogen-bond donors (Lipinski definition) is 0. The second kappa shape index (κ2) is 7.79. The van der Waals surface area contributed by atoms with E-state index in [9.17, 15) is 9.59 Å². The molecule has 0 aliphatic heterocycles. The predicted octanol–water partition coefficient (Wildman–Crippen LogP) is 4.48. The van der Waals surface area contributed by atoms with Crippen molar-refractivity contribution in [1.82, 2.24) is 0 Å². The molecule has 1 rings (SSSR count). The third kappa shape index (κ3) is 5.31. The van der Waals surface area contributed by atoms with Gasteiger partial charge < -0.3 is 0 Å². The Bertz CT molecular complexity index is 607. The zero-order chi connectivity index (χ0) is 17.8. The molecule has 0 heterocycles. The van der Waals surface area contributed by atoms with Crippen molar-refractivity contribution in [3.05, 3.63) is 44.7 Å². The van der Waals surface area contributed by atoms with Gasteiger partial charge in [0.2, 0.25) is 0 Å². The van der Waals surface area contributed by atoms with E-state index in [4.69, 9.17) is 4.74 Å². The van der Waals surface area contributed by atoms with E-state index in [0.29, 0.717) is 12.2 Å². The van der Waals surface area contributed by atoms with Crippen molar-refractivity contribution >= 4 is 38.2 Å². The van der Waals surface area contributed by atoms with Crippen LogP contribution in [0.5, 0.6) is 0 Å². The Morgan fingerprint density at radius 3 is 1.96 bits per heavy atom. The average molecular weight is 439 g/mol. The average Bonchev–Trinajstić information content (AvgIpc) is 2.42. The van der Waals surface area contributed by atoms with Crippen LogP contribution in [0.15, 0.2) is 39.1 Å². The first kappa shape index (κ1) is 20.2. The fourth-order valence-electron chi connectivity index (χ4n) is 2.55. The van der Waals surface area contributed by atoms with Crippen LogP contribution < -0.4 is 0 Å². The van der Waals surface area contributed by atoms with Gasteiger partial charge in [-0.15, -0.1) is 0 Å². The monoisotopic (exact) mass is 440 g/mol. The van der Waals surface area contributed by atoms with Crippen molar-refractivity contribution in [1.29, 1.82) is 0 Å². The molecular weight excluding hydrogens is 411 g/mol. The van der Waals surface area contributed by atoms with E-state index in [-0.39, 0.29) is 11.8 Å². The van der Waals surface area contributed by atoms with Gasteiger partial charge in [0.15, 0.2) is 0 Å². The van der Waals surface area contributed by atoms with E-state index in [1.807, 2.05) is 30.3 Å². The fourth-order valence-corrected chi connectivity index (χ4v) is 14.4. The van der Waals surface area contributed by atoms with Crippen LogP contribution in [-0.2, 0) is 9.53 Å². The number of rotatable bonds is 6. The van der Waals surface area contributed by atoms with Crippen molar-refractivity contribution in [2.45, 2.75) is 41.4 Å². The first-order valence-electron chi connectivity index (χ1n) is 8.02. The van der Waals surface area contributed by atoms with Crippen LogP contribution in [0, 0.1) is 0 Å². The molecular formula is C18H28O3SiSn. The molecule has 0 aliphatic carbocycles. The van der Waals surface area contributed by atoms with E-state index in [0.717, 1.165) is 8.79 Å². The summed E-state index contributed by atoms with van der Waals surface area (Å²) in [4.78, 5) is 32.3. The van der Waals surface area contributed by atoms with Crippen molar-refractivity contribution in [2.24, 2.45) is 0 Å². The Morgan fingerprint density at radius 2 is 1.57 bits per heavy atom. The Kier molecular flexibility index (Phi) is 6.83. The third-order valence-corrected chi connectivity index (χ3v) is 11.8. The van der Waals surface area contributed by atoms with Gasteiger partial charge in [-0.05, 0) is 0 Å². The summed E-state index contributed by atoms with van der Waals surface area (Å²) in [7, 11) is -2.02. The molecule has 3 nitrogen and oxygen atoms in total. The van der Waals surface area contributed by atoms with Gasteiger partial charge >= 0.3 is 145 Å². The molecule has 23 heavy (non-hydrogen) atoms. The Morgan fingerprint density at radius 1 is 1.04 bits per heavy atom. The molecule has 0 saturated heterocycles. The summed E-state index contributed by atoms with van der Waals surface area (Å²) in [5.74, 6) is -0.281. The molecule has 0 saturated carbocycles. The van der Waals surface area contributed by atoms with E-state index in [2.05, 4.69) is 34.5 Å². The molecule has 126 valence electrons. The number of carbonyl (C=O) groups excluding carboxylic acids is 2. The zero-order valence-electron chi connectivity index (χ0n) is 15.3. The van der Waals surface area contributed by atoms with Gasteiger partial charge in [0.05, 0.1) is 0 Å². The molecule has 0 fully saturated rings. The molecule has 1 aromatic rings. The Labute approximate surface area is 145 Å². The number of benzene rings is 1. The number of ketones is 1. The minimum absolute atomic E-state index is 0.000514. The number of Topliss-reactive ketones (excluding diaryl/α,β-unsaturated/α-hetero) is 1. The van der Waals surface area contributed by atoms with Crippen LogP contribution in [-0.4, -0.2) is 44.8 Å². The van der Waals surface area contributed by atoms with E-state index in [1.54, 1.807) is 6.92 Å². The molecule has 0 aromatic heterocycles. The molecule has 1 aromatic carbocycles. The number of carbonyl (C=O) groups is 2. The van der Waals surface area contributed by atoms with Gasteiger partial charge in [-0.3, -0.25) is 0 Å². The summed E-state index contributed by atoms with van der Waals surface area (Å²) < 4.78 is 6.05. The Hall–Kier alpha value is -0.884. The third-order valence-electron chi connectivity index (χ3n) is 3.49. The first-order valence-corrected chi connectivity index (χ1v) is 21.5. The second-order valence-electron chi connectivity index (χ2n) is 7.67. The summed E-state index contributed by atoms with van der Waals surface area (Å²) in [5.41, 5.74) is 0.655. The van der Waals surface area contributed by atoms with E-state index >= 15 is 0 Å². The predicted molar refractivity (Wildman–Crippen MR) is 101 cm³/mol. The van der Waals surface area contributed by atoms with Gasteiger partial charge in [-0.1, -0.05) is 0 Å². The van der Waals surface area contributed by atoms with Gasteiger partial charge in [0.25, 0.3) is 0 Å². The number of ether oxygens (including phenoxy) is 1. The molecule has 0 atom stereocenters. The zero-order valence-corrected chi connectivity index (χ0v) is 19.2. The summed E-state index contributed by atoms with van der Waals surface area (Å²) in [6.45, 7) is 8.52. The van der Waals surface area contributed by atoms with Crippen LogP contribution in [0.4, 0.5) is 0 Å². The van der Waals surface area contributed by atoms with Crippen LogP contribution in [0.25, 0.3) is 0 Å². The molecule has 0 bridgehead atoms. The van der Waals surface area contributed by atoms with Crippen LogP contribution in [0.2, 0.25) is 34.5 Å². The fraction of sp³-hybridized carbons (Fsp3) is 0.444. The van der Waals surface area contributed by atoms with Gasteiger partial charge in [-0.25, -0.2) is 0 Å². The standard InChI is InChI=1S/C15H19O3Si.3CH3.Sn/c1-5-18-14(16)11-13(19(2,3)4)15(17)12-9-7-6-8-10-12;;;;/h6-10H,5H2,1-4H3;3*1H3;. The van der Waals surface area contributed by atoms with Crippen molar-refractivity contribution in [3.8, 4) is 0 Å². The van der Waals surface area contributed by atoms with Gasteiger partial charge in [0, 0.05) is 0 Å². The van der Waals surface area contributed by atoms with Crippen LogP contribution in [0.1, 0.15) is 17.3 Å². The molecule has 5 heteroatoms. The number of hydrogen-bond acceptors (Lipinski definition) is 3. The summed E-state index contributed by atoms with van der Waals surface area (Å²) >= 11 is -2.85. The molecule has 0 spiro atoms. The van der Waals surface area contributed by atoms with Crippen LogP contribution in [0.3, 0.4) is 0 Å². The van der Waals surface area contributed by atoms with Crippen LogP contribution >= 0.6 is 0 Å². The molecule has 0 aliphatic rings. The van der Waals surface area contributed by atoms with Gasteiger partial charge in [0.1, 0.15) is 0 Å². The van der Waals surface area contributed by atoms with E-state index in [1.165, 1.54) is 0 Å². The van der Waals surface area contributed by atoms with Gasteiger partial charge in [-0.2, -0.15) is 0 Å².